The van der Waals surface area contributed by atoms with E-state index in [1.165, 1.54) is 4.90 Å². The first-order valence-electron chi connectivity index (χ1n) is 7.93. The van der Waals surface area contributed by atoms with Gasteiger partial charge in [0.1, 0.15) is 5.54 Å². The van der Waals surface area contributed by atoms with Crippen LogP contribution in [0, 0.1) is 25.2 Å². The minimum absolute atomic E-state index is 0.139. The van der Waals surface area contributed by atoms with Crippen molar-refractivity contribution in [2.45, 2.75) is 33.2 Å². The third kappa shape index (κ3) is 5.07. The summed E-state index contributed by atoms with van der Waals surface area (Å²) in [6, 6.07) is 7.94. The van der Waals surface area contributed by atoms with Gasteiger partial charge in [-0.15, -0.1) is 0 Å². The summed E-state index contributed by atoms with van der Waals surface area (Å²) in [7, 11) is 3.39. The van der Waals surface area contributed by atoms with Crippen LogP contribution in [0.2, 0.25) is 0 Å². The zero-order chi connectivity index (χ0) is 18.5. The molecule has 2 amide bonds. The van der Waals surface area contributed by atoms with E-state index in [9.17, 15) is 9.59 Å². The van der Waals surface area contributed by atoms with Gasteiger partial charge in [0.15, 0.2) is 13.1 Å². The molecule has 1 aromatic carbocycles. The van der Waals surface area contributed by atoms with E-state index < -0.39 is 5.54 Å². The monoisotopic (exact) mass is 331 g/mol. The first kappa shape index (κ1) is 19.7. The fraction of sp³-hybridized carbons (Fsp3) is 0.500. The van der Waals surface area contributed by atoms with Gasteiger partial charge in [0.05, 0.1) is 13.1 Å². The van der Waals surface area contributed by atoms with Gasteiger partial charge in [-0.05, 0) is 38.8 Å². The van der Waals surface area contributed by atoms with Gasteiger partial charge in [-0.1, -0.05) is 18.2 Å². The lowest BCUT2D eigenvalue weighted by atomic mass is 10.1. The zero-order valence-corrected chi connectivity index (χ0v) is 15.4. The van der Waals surface area contributed by atoms with Crippen molar-refractivity contribution < 1.29 is 14.5 Å². The Balaban J connectivity index is 2.62. The van der Waals surface area contributed by atoms with Crippen LogP contribution in [0.25, 0.3) is 0 Å². The number of hydrogen-bond acceptors (Lipinski definition) is 3. The molecule has 0 aliphatic heterocycles. The molecule has 1 rings (SSSR count). The number of aryl methyl sites for hydroxylation is 2. The topological polar surface area (TPSA) is 77.6 Å². The van der Waals surface area contributed by atoms with Crippen molar-refractivity contribution in [3.05, 3.63) is 29.3 Å². The standard InChI is InChI=1S/C18H26N4O2/c1-13-8-7-9-14(2)17(13)20-15(23)10-21(5)11-16(24)22(6)18(3,4)12-19/h7-9H,10-11H2,1-6H3,(H,20,23)/p+1. The summed E-state index contributed by atoms with van der Waals surface area (Å²) in [4.78, 5) is 26.6. The van der Waals surface area contributed by atoms with Crippen LogP contribution in [0.15, 0.2) is 18.2 Å². The van der Waals surface area contributed by atoms with Crippen LogP contribution in [0.3, 0.4) is 0 Å². The van der Waals surface area contributed by atoms with Crippen molar-refractivity contribution >= 4 is 17.5 Å². The van der Waals surface area contributed by atoms with Crippen LogP contribution in [0.4, 0.5) is 5.69 Å². The van der Waals surface area contributed by atoms with Crippen LogP contribution >= 0.6 is 0 Å². The number of anilines is 1. The van der Waals surface area contributed by atoms with E-state index in [2.05, 4.69) is 11.4 Å². The molecule has 0 aliphatic rings. The summed E-state index contributed by atoms with van der Waals surface area (Å²) in [6.45, 7) is 7.60. The molecule has 0 spiro atoms. The van der Waals surface area contributed by atoms with Gasteiger partial charge in [-0.3, -0.25) is 9.59 Å². The number of benzene rings is 1. The summed E-state index contributed by atoms with van der Waals surface area (Å²) in [5, 5.41) is 12.0. The van der Waals surface area contributed by atoms with Crippen LogP contribution in [-0.2, 0) is 9.59 Å². The molecule has 1 unspecified atom stereocenters. The Morgan fingerprint density at radius 3 is 2.29 bits per heavy atom. The Labute approximate surface area is 144 Å². The molecule has 0 radical (unpaired) electrons. The Kier molecular flexibility index (Phi) is 6.50. The molecular formula is C18H27N4O2+. The third-order valence-corrected chi connectivity index (χ3v) is 4.15. The summed E-state index contributed by atoms with van der Waals surface area (Å²) < 4.78 is 0. The van der Waals surface area contributed by atoms with Crippen LogP contribution in [0.1, 0.15) is 25.0 Å². The van der Waals surface area contributed by atoms with Crippen molar-refractivity contribution in [2.24, 2.45) is 0 Å². The SMILES string of the molecule is Cc1cccc(C)c1NC(=O)C[NH+](C)CC(=O)N(C)C(C)(C)C#N. The molecule has 2 N–H and O–H groups in total. The molecule has 0 aliphatic carbocycles. The molecule has 130 valence electrons. The van der Waals surface area contributed by atoms with E-state index in [0.29, 0.717) is 0 Å². The maximum atomic E-state index is 12.2. The van der Waals surface area contributed by atoms with Crippen LogP contribution in [0.5, 0.6) is 0 Å². The van der Waals surface area contributed by atoms with Crippen LogP contribution in [-0.4, -0.2) is 49.4 Å². The number of carbonyl (C=O) groups excluding carboxylic acids is 2. The van der Waals surface area contributed by atoms with Gasteiger partial charge >= 0.3 is 0 Å². The Hall–Kier alpha value is -2.39. The van der Waals surface area contributed by atoms with E-state index >= 15 is 0 Å². The molecule has 1 atom stereocenters. The average molecular weight is 331 g/mol. The predicted molar refractivity (Wildman–Crippen MR) is 93.6 cm³/mol. The van der Waals surface area contributed by atoms with E-state index in [0.717, 1.165) is 21.7 Å². The van der Waals surface area contributed by atoms with Gasteiger partial charge in [-0.25, -0.2) is 0 Å². The normalized spacial score (nSPS) is 12.2. The minimum Gasteiger partial charge on any atom is -0.323 e. The maximum absolute atomic E-state index is 12.2. The van der Waals surface area contributed by atoms with E-state index in [4.69, 9.17) is 5.26 Å². The fourth-order valence-electron chi connectivity index (χ4n) is 2.30. The number of carbonyl (C=O) groups is 2. The quantitative estimate of drug-likeness (QED) is 0.798. The van der Waals surface area contributed by atoms with E-state index in [-0.39, 0.29) is 24.9 Å². The molecule has 6 heteroatoms. The summed E-state index contributed by atoms with van der Waals surface area (Å²) in [5.41, 5.74) is 1.97. The second-order valence-electron chi connectivity index (χ2n) is 6.75. The second kappa shape index (κ2) is 7.93. The van der Waals surface area contributed by atoms with Gasteiger partial charge in [-0.2, -0.15) is 5.26 Å². The molecular weight excluding hydrogens is 304 g/mol. The molecule has 0 saturated heterocycles. The molecule has 1 aromatic rings. The number of hydrogen-bond donors (Lipinski definition) is 2. The largest absolute Gasteiger partial charge is 0.323 e. The van der Waals surface area contributed by atoms with Gasteiger partial charge in [0, 0.05) is 12.7 Å². The van der Waals surface area contributed by atoms with Crippen molar-refractivity contribution in [3.63, 3.8) is 0 Å². The van der Waals surface area contributed by atoms with Crippen molar-refractivity contribution in [3.8, 4) is 6.07 Å². The molecule has 24 heavy (non-hydrogen) atoms. The molecule has 0 bridgehead atoms. The molecule has 0 fully saturated rings. The highest BCUT2D eigenvalue weighted by Crippen LogP contribution is 2.18. The zero-order valence-electron chi connectivity index (χ0n) is 15.4. The van der Waals surface area contributed by atoms with Gasteiger partial charge < -0.3 is 15.1 Å². The van der Waals surface area contributed by atoms with Gasteiger partial charge in [0.25, 0.3) is 11.8 Å². The molecule has 0 heterocycles. The number of likely N-dealkylation sites (N-methyl/N-ethyl adjacent to an activating group) is 2. The number of para-hydroxylation sites is 1. The summed E-state index contributed by atoms with van der Waals surface area (Å²) in [6.07, 6.45) is 0. The lowest BCUT2D eigenvalue weighted by Gasteiger charge is -2.29. The molecule has 0 saturated carbocycles. The summed E-state index contributed by atoms with van der Waals surface area (Å²) in [5.74, 6) is -0.307. The number of nitrogens with zero attached hydrogens (tertiary/aromatic N) is 2. The predicted octanol–water partition coefficient (Wildman–Crippen LogP) is 0.517. The van der Waals surface area contributed by atoms with Crippen molar-refractivity contribution in [2.75, 3.05) is 32.5 Å². The minimum atomic E-state index is -0.863. The second-order valence-corrected chi connectivity index (χ2v) is 6.75. The van der Waals surface area contributed by atoms with Gasteiger partial charge in [0.2, 0.25) is 0 Å². The van der Waals surface area contributed by atoms with Crippen LogP contribution < -0.4 is 10.2 Å². The lowest BCUT2D eigenvalue weighted by Crippen LogP contribution is -3.11. The third-order valence-electron chi connectivity index (χ3n) is 4.15. The number of amides is 2. The highest BCUT2D eigenvalue weighted by atomic mass is 16.2. The molecule has 0 aromatic heterocycles. The van der Waals surface area contributed by atoms with E-state index in [1.54, 1.807) is 27.9 Å². The highest BCUT2D eigenvalue weighted by Gasteiger charge is 2.29. The molecule has 6 nitrogen and oxygen atoms in total. The Morgan fingerprint density at radius 2 is 1.79 bits per heavy atom. The Bertz CT molecular complexity index is 641. The fourth-order valence-corrected chi connectivity index (χ4v) is 2.30. The number of quaternary nitrogens is 1. The smallest absolute Gasteiger partial charge is 0.279 e. The Morgan fingerprint density at radius 1 is 1.25 bits per heavy atom. The number of nitrogens with one attached hydrogen (secondary N) is 2. The summed E-state index contributed by atoms with van der Waals surface area (Å²) >= 11 is 0. The average Bonchev–Trinajstić information content (AvgIpc) is 2.50. The highest BCUT2D eigenvalue weighted by molar-refractivity contribution is 5.93. The van der Waals surface area contributed by atoms with Crippen molar-refractivity contribution in [1.29, 1.82) is 5.26 Å². The number of nitriles is 1. The first-order valence-corrected chi connectivity index (χ1v) is 7.93. The lowest BCUT2D eigenvalue weighted by molar-refractivity contribution is -0.862. The first-order chi connectivity index (χ1) is 11.1. The van der Waals surface area contributed by atoms with E-state index in [1.807, 2.05) is 32.0 Å². The maximum Gasteiger partial charge on any atom is 0.279 e. The van der Waals surface area contributed by atoms with Crippen molar-refractivity contribution in [1.82, 2.24) is 4.90 Å². The number of rotatable bonds is 6.